The molecule has 0 atom stereocenters. The van der Waals surface area contributed by atoms with Gasteiger partial charge in [0.05, 0.1) is 0 Å². The molecule has 0 saturated carbocycles. The minimum atomic E-state index is -0.214. The summed E-state index contributed by atoms with van der Waals surface area (Å²) in [7, 11) is 3.90. The smallest absolute Gasteiger partial charge is 0.266 e. The lowest BCUT2D eigenvalue weighted by atomic mass is 9.98. The van der Waals surface area contributed by atoms with E-state index in [1.807, 2.05) is 19.1 Å². The van der Waals surface area contributed by atoms with Gasteiger partial charge in [-0.25, -0.2) is 0 Å². The molecule has 0 radical (unpaired) electrons. The number of hydrogen-bond acceptors (Lipinski definition) is 4. The second-order valence-corrected chi connectivity index (χ2v) is 7.46. The predicted molar refractivity (Wildman–Crippen MR) is 106 cm³/mol. The molecule has 2 rings (SSSR count). The number of carbonyl (C=O) groups is 1. The standard InChI is InChI=1S/C21H30N4O/c1-15(2)19-8-6-7-16(3)20(19)23-14-17(13-22)21(26)25(5)18-9-11-24(4)12-10-18/h6-8,14-15,18,23H,9-12H2,1-5H3/b17-14-. The SMILES string of the molecule is Cc1cccc(C(C)C)c1N/C=C(/C#N)C(=O)N(C)C1CCN(C)CC1. The molecule has 0 aromatic heterocycles. The molecule has 1 heterocycles. The van der Waals surface area contributed by atoms with Crippen molar-refractivity contribution in [2.45, 2.75) is 45.6 Å². The van der Waals surface area contributed by atoms with Crippen molar-refractivity contribution in [1.82, 2.24) is 9.80 Å². The molecule has 1 N–H and O–H groups in total. The fourth-order valence-corrected chi connectivity index (χ4v) is 3.39. The van der Waals surface area contributed by atoms with Crippen LogP contribution in [-0.2, 0) is 4.79 Å². The van der Waals surface area contributed by atoms with Gasteiger partial charge in [-0.15, -0.1) is 0 Å². The van der Waals surface area contributed by atoms with Crippen molar-refractivity contribution in [1.29, 1.82) is 5.26 Å². The number of amides is 1. The number of hydrogen-bond donors (Lipinski definition) is 1. The number of benzene rings is 1. The molecule has 1 aromatic carbocycles. The molecule has 1 amide bonds. The Hall–Kier alpha value is -2.32. The molecule has 5 nitrogen and oxygen atoms in total. The van der Waals surface area contributed by atoms with E-state index in [-0.39, 0.29) is 17.5 Å². The van der Waals surface area contributed by atoms with Gasteiger partial charge >= 0.3 is 0 Å². The summed E-state index contributed by atoms with van der Waals surface area (Å²) in [6, 6.07) is 8.40. The van der Waals surface area contributed by atoms with Crippen LogP contribution in [0.2, 0.25) is 0 Å². The van der Waals surface area contributed by atoms with E-state index in [0.717, 1.165) is 37.2 Å². The second kappa shape index (κ2) is 8.86. The summed E-state index contributed by atoms with van der Waals surface area (Å²) in [4.78, 5) is 16.8. The molecule has 26 heavy (non-hydrogen) atoms. The van der Waals surface area contributed by atoms with Crippen molar-refractivity contribution in [3.8, 4) is 6.07 Å². The van der Waals surface area contributed by atoms with E-state index in [1.54, 1.807) is 18.1 Å². The molecule has 140 valence electrons. The number of likely N-dealkylation sites (N-methyl/N-ethyl adjacent to an activating group) is 1. The fourth-order valence-electron chi connectivity index (χ4n) is 3.39. The van der Waals surface area contributed by atoms with Crippen molar-refractivity contribution in [2.75, 3.05) is 32.5 Å². The lowest BCUT2D eigenvalue weighted by Gasteiger charge is -2.35. The summed E-state index contributed by atoms with van der Waals surface area (Å²) in [5.41, 5.74) is 3.39. The maximum atomic E-state index is 12.8. The van der Waals surface area contributed by atoms with E-state index in [4.69, 9.17) is 0 Å². The normalized spacial score (nSPS) is 16.4. The summed E-state index contributed by atoms with van der Waals surface area (Å²) in [6.07, 6.45) is 3.45. The molecular formula is C21H30N4O. The Morgan fingerprint density at radius 3 is 2.62 bits per heavy atom. The molecule has 5 heteroatoms. The van der Waals surface area contributed by atoms with E-state index in [9.17, 15) is 10.1 Å². The van der Waals surface area contributed by atoms with Gasteiger partial charge in [0.15, 0.2) is 0 Å². The second-order valence-electron chi connectivity index (χ2n) is 7.46. The molecule has 1 aliphatic rings. The zero-order chi connectivity index (χ0) is 19.3. The van der Waals surface area contributed by atoms with Crippen LogP contribution < -0.4 is 5.32 Å². The Kier molecular flexibility index (Phi) is 6.82. The number of carbonyl (C=O) groups excluding carboxylic acids is 1. The first-order chi connectivity index (χ1) is 12.3. The quantitative estimate of drug-likeness (QED) is 0.649. The van der Waals surface area contributed by atoms with Gasteiger partial charge in [0.25, 0.3) is 5.91 Å². The van der Waals surface area contributed by atoms with Gasteiger partial charge in [-0.3, -0.25) is 4.79 Å². The van der Waals surface area contributed by atoms with Gasteiger partial charge in [-0.1, -0.05) is 32.0 Å². The summed E-state index contributed by atoms with van der Waals surface area (Å²) >= 11 is 0. The van der Waals surface area contributed by atoms with Gasteiger partial charge in [0, 0.05) is 25.0 Å². The summed E-state index contributed by atoms with van der Waals surface area (Å²) in [6.45, 7) is 8.25. The first kappa shape index (κ1) is 20.0. The number of likely N-dealkylation sites (tertiary alicyclic amines) is 1. The summed E-state index contributed by atoms with van der Waals surface area (Å²) in [5, 5.41) is 12.7. The zero-order valence-corrected chi connectivity index (χ0v) is 16.5. The van der Waals surface area contributed by atoms with Crippen molar-refractivity contribution in [3.63, 3.8) is 0 Å². The van der Waals surface area contributed by atoms with Gasteiger partial charge < -0.3 is 15.1 Å². The van der Waals surface area contributed by atoms with E-state index < -0.39 is 0 Å². The lowest BCUT2D eigenvalue weighted by molar-refractivity contribution is -0.128. The highest BCUT2D eigenvalue weighted by atomic mass is 16.2. The molecule has 0 unspecified atom stereocenters. The minimum absolute atomic E-state index is 0.143. The Morgan fingerprint density at radius 2 is 2.04 bits per heavy atom. The summed E-state index contributed by atoms with van der Waals surface area (Å²) < 4.78 is 0. The minimum Gasteiger partial charge on any atom is -0.360 e. The van der Waals surface area contributed by atoms with Crippen LogP contribution in [0.3, 0.4) is 0 Å². The topological polar surface area (TPSA) is 59.4 Å². The molecule has 1 aliphatic heterocycles. The van der Waals surface area contributed by atoms with Crippen molar-refractivity contribution in [2.24, 2.45) is 0 Å². The first-order valence-electron chi connectivity index (χ1n) is 9.27. The number of nitrogens with zero attached hydrogens (tertiary/aromatic N) is 3. The third-order valence-corrected chi connectivity index (χ3v) is 5.19. The molecule has 1 fully saturated rings. The van der Waals surface area contributed by atoms with E-state index >= 15 is 0 Å². The van der Waals surface area contributed by atoms with Crippen LogP contribution in [0.4, 0.5) is 5.69 Å². The number of para-hydroxylation sites is 1. The van der Waals surface area contributed by atoms with E-state index in [2.05, 4.69) is 43.2 Å². The summed E-state index contributed by atoms with van der Waals surface area (Å²) in [5.74, 6) is 0.142. The van der Waals surface area contributed by atoms with Crippen LogP contribution in [0, 0.1) is 18.3 Å². The Bertz CT molecular complexity index is 709. The van der Waals surface area contributed by atoms with E-state index in [1.165, 1.54) is 5.56 Å². The highest BCUT2D eigenvalue weighted by Crippen LogP contribution is 2.27. The fraction of sp³-hybridized carbons (Fsp3) is 0.524. The Balaban J connectivity index is 2.16. The van der Waals surface area contributed by atoms with Gasteiger partial charge in [0.2, 0.25) is 0 Å². The molecule has 0 spiro atoms. The lowest BCUT2D eigenvalue weighted by Crippen LogP contribution is -2.44. The number of piperidine rings is 1. The van der Waals surface area contributed by atoms with Crippen LogP contribution in [0.25, 0.3) is 0 Å². The molecule has 1 aromatic rings. The van der Waals surface area contributed by atoms with Crippen LogP contribution in [0.1, 0.15) is 43.7 Å². The molecule has 1 saturated heterocycles. The number of anilines is 1. The third kappa shape index (κ3) is 4.64. The molecular weight excluding hydrogens is 324 g/mol. The molecule has 0 bridgehead atoms. The Morgan fingerprint density at radius 1 is 1.38 bits per heavy atom. The zero-order valence-electron chi connectivity index (χ0n) is 16.5. The number of aryl methyl sites for hydroxylation is 1. The predicted octanol–water partition coefficient (Wildman–Crippen LogP) is 3.49. The third-order valence-electron chi connectivity index (χ3n) is 5.19. The highest BCUT2D eigenvalue weighted by molar-refractivity contribution is 5.97. The van der Waals surface area contributed by atoms with Crippen molar-refractivity contribution < 1.29 is 4.79 Å². The maximum Gasteiger partial charge on any atom is 0.266 e. The number of nitriles is 1. The number of rotatable bonds is 5. The van der Waals surface area contributed by atoms with Gasteiger partial charge in [-0.05, 0) is 56.9 Å². The monoisotopic (exact) mass is 354 g/mol. The van der Waals surface area contributed by atoms with E-state index in [0.29, 0.717) is 5.92 Å². The number of nitrogens with one attached hydrogen (secondary N) is 1. The van der Waals surface area contributed by atoms with Crippen molar-refractivity contribution in [3.05, 3.63) is 41.1 Å². The van der Waals surface area contributed by atoms with Crippen LogP contribution in [0.5, 0.6) is 0 Å². The first-order valence-corrected chi connectivity index (χ1v) is 9.27. The maximum absolute atomic E-state index is 12.8. The van der Waals surface area contributed by atoms with Crippen LogP contribution in [0.15, 0.2) is 30.0 Å². The van der Waals surface area contributed by atoms with Crippen LogP contribution >= 0.6 is 0 Å². The van der Waals surface area contributed by atoms with Gasteiger partial charge in [-0.2, -0.15) is 5.26 Å². The van der Waals surface area contributed by atoms with Gasteiger partial charge in [0.1, 0.15) is 11.6 Å². The Labute approximate surface area is 157 Å². The van der Waals surface area contributed by atoms with Crippen LogP contribution in [-0.4, -0.2) is 48.9 Å². The largest absolute Gasteiger partial charge is 0.360 e. The van der Waals surface area contributed by atoms with Crippen molar-refractivity contribution >= 4 is 11.6 Å². The molecule has 0 aliphatic carbocycles. The average Bonchev–Trinajstić information content (AvgIpc) is 2.62. The average molecular weight is 354 g/mol. The highest BCUT2D eigenvalue weighted by Gasteiger charge is 2.26.